The van der Waals surface area contributed by atoms with Gasteiger partial charge in [0, 0.05) is 25.7 Å². The van der Waals surface area contributed by atoms with Crippen molar-refractivity contribution in [1.82, 2.24) is 0 Å². The summed E-state index contributed by atoms with van der Waals surface area (Å²) in [4.78, 5) is 72.5. The van der Waals surface area contributed by atoms with E-state index in [1.165, 1.54) is 135 Å². The van der Waals surface area contributed by atoms with Crippen LogP contribution in [0.1, 0.15) is 344 Å². The van der Waals surface area contributed by atoms with Gasteiger partial charge in [0.2, 0.25) is 0 Å². The van der Waals surface area contributed by atoms with Gasteiger partial charge < -0.3 is 33.8 Å². The minimum Gasteiger partial charge on any atom is -0.462 e. The van der Waals surface area contributed by atoms with Gasteiger partial charge in [0.25, 0.3) is 0 Å². The Bertz CT molecular complexity index is 1770. The number of rotatable bonds is 67. The highest BCUT2D eigenvalue weighted by Gasteiger charge is 2.30. The van der Waals surface area contributed by atoms with E-state index in [2.05, 4.69) is 55.4 Å². The highest BCUT2D eigenvalue weighted by atomic mass is 31.2. The summed E-state index contributed by atoms with van der Waals surface area (Å²) >= 11 is 0. The fourth-order valence-electron chi connectivity index (χ4n) is 10.5. The van der Waals surface area contributed by atoms with Crippen molar-refractivity contribution in [1.29, 1.82) is 0 Å². The molecule has 0 aromatic heterocycles. The van der Waals surface area contributed by atoms with Crippen molar-refractivity contribution >= 4 is 39.5 Å². The van der Waals surface area contributed by atoms with Crippen LogP contribution in [0, 0.1) is 23.7 Å². The van der Waals surface area contributed by atoms with Crippen LogP contribution >= 0.6 is 15.6 Å². The van der Waals surface area contributed by atoms with Gasteiger partial charge in [-0.15, -0.1) is 0 Å². The molecule has 6 atom stereocenters. The molecule has 0 aliphatic carbocycles. The lowest BCUT2D eigenvalue weighted by atomic mass is 10.00. The summed E-state index contributed by atoms with van der Waals surface area (Å²) in [6, 6.07) is 0. The fraction of sp³-hybridized carbons (Fsp3) is 0.943. The fourth-order valence-corrected chi connectivity index (χ4v) is 12.0. The molecule has 0 aliphatic rings. The molecule has 0 rings (SSSR count). The van der Waals surface area contributed by atoms with Crippen LogP contribution in [0.5, 0.6) is 0 Å². The lowest BCUT2D eigenvalue weighted by Crippen LogP contribution is -2.30. The second-order valence-electron chi connectivity index (χ2n) is 26.9. The molecule has 0 radical (unpaired) electrons. The molecule has 19 heteroatoms. The van der Waals surface area contributed by atoms with E-state index in [-0.39, 0.29) is 25.7 Å². The van der Waals surface area contributed by atoms with Gasteiger partial charge in [0.15, 0.2) is 12.2 Å². The Morgan fingerprint density at radius 1 is 0.315 bits per heavy atom. The minimum atomic E-state index is -4.95. The van der Waals surface area contributed by atoms with Crippen molar-refractivity contribution in [3.8, 4) is 0 Å². The van der Waals surface area contributed by atoms with Gasteiger partial charge in [-0.3, -0.25) is 37.3 Å². The first-order valence-corrected chi connectivity index (χ1v) is 39.2. The van der Waals surface area contributed by atoms with Gasteiger partial charge in [-0.25, -0.2) is 9.13 Å². The number of unbranched alkanes of at least 4 members (excludes halogenated alkanes) is 32. The van der Waals surface area contributed by atoms with Gasteiger partial charge in [-0.2, -0.15) is 0 Å². The molecule has 0 fully saturated rings. The Kier molecular flexibility index (Phi) is 58.5. The quantitative estimate of drug-likeness (QED) is 0.0222. The summed E-state index contributed by atoms with van der Waals surface area (Å²) in [5.41, 5.74) is 0. The van der Waals surface area contributed by atoms with Crippen molar-refractivity contribution in [2.45, 2.75) is 363 Å². The molecule has 528 valence electrons. The van der Waals surface area contributed by atoms with Crippen LogP contribution in [0.3, 0.4) is 0 Å². The van der Waals surface area contributed by atoms with E-state index >= 15 is 0 Å². The first-order chi connectivity index (χ1) is 42.6. The van der Waals surface area contributed by atoms with Crippen molar-refractivity contribution < 1.29 is 80.2 Å². The second-order valence-corrected chi connectivity index (χ2v) is 29.8. The van der Waals surface area contributed by atoms with Crippen LogP contribution in [0.4, 0.5) is 0 Å². The molecule has 0 bridgehead atoms. The SMILES string of the molecule is CCC(C)CCCCCCCCC(=O)OC[C@H](COP(=O)(O)OCC(O)COP(=O)(O)OC[C@@H](COC(=O)CCCCCCCCC(C)C)OC(=O)CCCCCCCCCCCCCCCCCC(C)C)OC(=O)CCCCCCCCCCCC(C)C. The monoisotopic (exact) mass is 1310 g/mol. The minimum absolute atomic E-state index is 0.104. The largest absolute Gasteiger partial charge is 0.472 e. The number of aliphatic hydroxyl groups excluding tert-OH is 1. The summed E-state index contributed by atoms with van der Waals surface area (Å²) < 4.78 is 68.2. The second kappa shape index (κ2) is 59.8. The van der Waals surface area contributed by atoms with Gasteiger partial charge in [-0.05, 0) is 49.4 Å². The molecular formula is C70H136O17P2. The molecule has 0 saturated heterocycles. The first kappa shape index (κ1) is 87.1. The van der Waals surface area contributed by atoms with E-state index in [0.29, 0.717) is 31.6 Å². The van der Waals surface area contributed by atoms with Crippen LogP contribution < -0.4 is 0 Å². The number of carbonyl (C=O) groups is 4. The summed E-state index contributed by atoms with van der Waals surface area (Å²) in [5, 5.41) is 10.6. The van der Waals surface area contributed by atoms with E-state index in [1.54, 1.807) is 0 Å². The third-order valence-electron chi connectivity index (χ3n) is 16.4. The number of esters is 4. The summed E-state index contributed by atoms with van der Waals surface area (Å²) in [7, 11) is -9.90. The van der Waals surface area contributed by atoms with Gasteiger partial charge >= 0.3 is 39.5 Å². The molecule has 0 heterocycles. The lowest BCUT2D eigenvalue weighted by Gasteiger charge is -2.21. The maximum Gasteiger partial charge on any atom is 0.472 e. The zero-order valence-electron chi connectivity index (χ0n) is 58.1. The third-order valence-corrected chi connectivity index (χ3v) is 18.3. The summed E-state index contributed by atoms with van der Waals surface area (Å²) in [5.74, 6) is 0.816. The van der Waals surface area contributed by atoms with Gasteiger partial charge in [0.05, 0.1) is 26.4 Å². The van der Waals surface area contributed by atoms with Crippen LogP contribution in [-0.4, -0.2) is 96.7 Å². The maximum atomic E-state index is 13.0. The molecule has 0 aliphatic heterocycles. The molecule has 89 heavy (non-hydrogen) atoms. The van der Waals surface area contributed by atoms with E-state index in [9.17, 15) is 43.2 Å². The lowest BCUT2D eigenvalue weighted by molar-refractivity contribution is -0.161. The molecule has 0 aromatic carbocycles. The zero-order valence-corrected chi connectivity index (χ0v) is 59.8. The van der Waals surface area contributed by atoms with Gasteiger partial charge in [-0.1, -0.05) is 293 Å². The van der Waals surface area contributed by atoms with Crippen LogP contribution in [0.2, 0.25) is 0 Å². The Balaban J connectivity index is 5.21. The average molecular weight is 1310 g/mol. The molecular weight excluding hydrogens is 1170 g/mol. The molecule has 0 spiro atoms. The van der Waals surface area contributed by atoms with Crippen molar-refractivity contribution in [2.24, 2.45) is 23.7 Å². The Morgan fingerprint density at radius 3 is 0.798 bits per heavy atom. The number of phosphoric acid groups is 2. The topological polar surface area (TPSA) is 237 Å². The normalized spacial score (nSPS) is 14.6. The van der Waals surface area contributed by atoms with E-state index in [1.807, 2.05) is 0 Å². The molecule has 4 unspecified atom stereocenters. The summed E-state index contributed by atoms with van der Waals surface area (Å²) in [6.07, 6.45) is 41.9. The van der Waals surface area contributed by atoms with Gasteiger partial charge in [0.1, 0.15) is 19.3 Å². The van der Waals surface area contributed by atoms with E-state index in [4.69, 9.17) is 37.0 Å². The maximum absolute atomic E-state index is 13.0. The number of ether oxygens (including phenoxy) is 4. The standard InChI is InChI=1S/C70H136O17P2/c1-9-63(8)49-41-33-27-29-35-43-51-68(73)81-57-66(87-70(75)53-45-37-25-21-17-19-23-31-39-47-61(4)5)59-85-89(78,79)83-55-64(71)54-82-88(76,77)84-58-65(56-80-67(72)50-42-34-28-26-32-40-48-62(6)7)86-69(74)52-44-36-24-20-16-14-12-10-11-13-15-18-22-30-38-46-60(2)3/h60-66,71H,9-59H2,1-8H3,(H,76,77)(H,78,79)/t63?,64?,65-,66-/m1/s1. The Hall–Kier alpha value is -1.94. The number of carbonyl (C=O) groups excluding carboxylic acids is 4. The summed E-state index contributed by atoms with van der Waals surface area (Å²) in [6.45, 7) is 14.0. The predicted molar refractivity (Wildman–Crippen MR) is 358 cm³/mol. The molecule has 0 saturated carbocycles. The molecule has 0 amide bonds. The number of phosphoric ester groups is 2. The first-order valence-electron chi connectivity index (χ1n) is 36.2. The van der Waals surface area contributed by atoms with Crippen molar-refractivity contribution in [2.75, 3.05) is 39.6 Å². The number of aliphatic hydroxyl groups is 1. The van der Waals surface area contributed by atoms with Crippen molar-refractivity contribution in [3.05, 3.63) is 0 Å². The molecule has 0 aromatic rings. The highest BCUT2D eigenvalue weighted by Crippen LogP contribution is 2.45. The van der Waals surface area contributed by atoms with Crippen LogP contribution in [0.25, 0.3) is 0 Å². The average Bonchev–Trinajstić information content (AvgIpc) is 3.67. The van der Waals surface area contributed by atoms with E-state index in [0.717, 1.165) is 120 Å². The van der Waals surface area contributed by atoms with Crippen LogP contribution in [0.15, 0.2) is 0 Å². The Morgan fingerprint density at radius 2 is 0.539 bits per heavy atom. The highest BCUT2D eigenvalue weighted by molar-refractivity contribution is 7.47. The molecule has 3 N–H and O–H groups in total. The predicted octanol–water partition coefficient (Wildman–Crippen LogP) is 19.7. The van der Waals surface area contributed by atoms with Crippen molar-refractivity contribution in [3.63, 3.8) is 0 Å². The Labute approximate surface area is 543 Å². The smallest absolute Gasteiger partial charge is 0.462 e. The molecule has 17 nitrogen and oxygen atoms in total. The third kappa shape index (κ3) is 63.2. The van der Waals surface area contributed by atoms with E-state index < -0.39 is 97.5 Å². The number of hydrogen-bond donors (Lipinski definition) is 3. The van der Waals surface area contributed by atoms with Crippen LogP contribution in [-0.2, 0) is 65.4 Å². The zero-order chi connectivity index (χ0) is 66.1. The number of hydrogen-bond acceptors (Lipinski definition) is 15.